The Labute approximate surface area is 403 Å². The minimum Gasteiger partial charge on any atom is -0.870 e. The Morgan fingerprint density at radius 3 is 1.23 bits per heavy atom. The molecule has 0 fully saturated rings. The third-order valence-electron chi connectivity index (χ3n) is 9.81. The van der Waals surface area contributed by atoms with Crippen molar-refractivity contribution >= 4 is 131 Å². The van der Waals surface area contributed by atoms with Crippen LogP contribution in [0.1, 0.15) is 64.2 Å². The number of rotatable bonds is 3. The second kappa shape index (κ2) is 21.3. The van der Waals surface area contributed by atoms with E-state index in [1.165, 1.54) is 5.56 Å². The molecule has 13 heteroatoms. The number of fused-ring (bicyclic) bond motifs is 6. The molecule has 61 heavy (non-hydrogen) atoms. The maximum atomic E-state index is 12.6. The average Bonchev–Trinajstić information content (AvgIpc) is 3.21. The first-order valence-corrected chi connectivity index (χ1v) is 22.5. The van der Waals surface area contributed by atoms with Crippen LogP contribution in [0.4, 0.5) is 0 Å². The van der Waals surface area contributed by atoms with Crippen LogP contribution in [-0.4, -0.2) is 18.2 Å². The summed E-state index contributed by atoms with van der Waals surface area (Å²) in [4.78, 5) is 37.5. The molecular weight excluding hydrogens is 913 g/mol. The fourth-order valence-electron chi connectivity index (χ4n) is 6.54. The zero-order valence-electron chi connectivity index (χ0n) is 34.9. The first kappa shape index (κ1) is 50.3. The van der Waals surface area contributed by atoms with Gasteiger partial charge in [-0.05, 0) is 123 Å². The van der Waals surface area contributed by atoms with Gasteiger partial charge in [0.1, 0.15) is 0 Å². The van der Waals surface area contributed by atoms with E-state index in [1.54, 1.807) is 53.9 Å². The molecule has 1 radical (unpaired) electrons. The smallest absolute Gasteiger partial charge is 0.870 e. The van der Waals surface area contributed by atoms with Crippen LogP contribution >= 0.6 is 62.8 Å². The molecule has 0 spiro atoms. The Bertz CT molecular complexity index is 3050. The second-order valence-electron chi connectivity index (χ2n) is 15.3. The third-order valence-corrected chi connectivity index (χ3v) is 13.7. The van der Waals surface area contributed by atoms with Crippen LogP contribution in [0.15, 0.2) is 146 Å². The average molecular weight is 956 g/mol. The predicted molar refractivity (Wildman–Crippen MR) is 267 cm³/mol. The van der Waals surface area contributed by atoms with Crippen molar-refractivity contribution in [3.05, 3.63) is 175 Å². The van der Waals surface area contributed by atoms with E-state index in [2.05, 4.69) is 86.6 Å². The van der Waals surface area contributed by atoms with Crippen LogP contribution in [-0.2, 0) is 9.93 Å². The van der Waals surface area contributed by atoms with Crippen LogP contribution in [0, 0.1) is 0 Å². The van der Waals surface area contributed by atoms with Crippen molar-refractivity contribution < 1.29 is 40.1 Å². The predicted octanol–water partition coefficient (Wildman–Crippen LogP) is 10.2. The monoisotopic (exact) mass is 954 g/mol. The van der Waals surface area contributed by atoms with Gasteiger partial charge in [0, 0.05) is 64.8 Å². The van der Waals surface area contributed by atoms with Crippen LogP contribution in [0.2, 0.25) is 0 Å². The van der Waals surface area contributed by atoms with Crippen LogP contribution in [0.25, 0.3) is 60.5 Å². The van der Waals surface area contributed by atoms with Crippen molar-refractivity contribution in [3.63, 3.8) is 0 Å². The Balaban J connectivity index is 0.000000192. The summed E-state index contributed by atoms with van der Waals surface area (Å²) in [5, 5.41) is 14.8. The molecule has 0 amide bonds. The molecule has 0 atom stereocenters. The van der Waals surface area contributed by atoms with Crippen molar-refractivity contribution in [2.24, 2.45) is 4.30 Å². The van der Waals surface area contributed by atoms with Gasteiger partial charge in [-0.2, -0.15) is 0 Å². The van der Waals surface area contributed by atoms with Crippen molar-refractivity contribution in [2.45, 2.75) is 57.4 Å². The van der Waals surface area contributed by atoms with E-state index in [0.29, 0.717) is 11.3 Å². The number of hydrogen-bond donors (Lipinski definition) is 2. The van der Waals surface area contributed by atoms with E-state index in [0.717, 1.165) is 66.3 Å². The van der Waals surface area contributed by atoms with Gasteiger partial charge in [-0.3, -0.25) is 14.4 Å². The molecule has 0 saturated heterocycles. The Kier molecular flexibility index (Phi) is 17.6. The van der Waals surface area contributed by atoms with Crippen molar-refractivity contribution in [3.8, 4) is 0 Å². The molecule has 3 heterocycles. The molecule has 6 aromatic carbocycles. The van der Waals surface area contributed by atoms with E-state index < -0.39 is 5.60 Å². The van der Waals surface area contributed by atoms with Gasteiger partial charge in [0.15, 0.2) is 16.3 Å². The molecule has 3 aromatic heterocycles. The summed E-state index contributed by atoms with van der Waals surface area (Å²) in [5.41, 5.74) is 2.50. The topological polar surface area (TPSA) is 114 Å². The first-order chi connectivity index (χ1) is 28.0. The molecule has 0 bridgehead atoms. The fourth-order valence-corrected chi connectivity index (χ4v) is 9.94. The SMILES string of the molecule is CC(C)(Br)c1ccc2sc3ccccc3c(=O)c2c1.CC(C)(O)c1ccc2sc3ccccc3c(=O)c2c1.CC(C)c1ccc2sc3ccccc3c(=O)c2c1.[B]=NS.[Na+].[OH-]. The zero-order valence-corrected chi connectivity index (χ0v) is 41.8. The van der Waals surface area contributed by atoms with Gasteiger partial charge in [0.2, 0.25) is 0 Å². The number of benzene rings is 6. The third kappa shape index (κ3) is 11.6. The number of aliphatic hydroxyl groups is 1. The molecule has 0 aliphatic rings. The Hall–Kier alpha value is -3.40. The van der Waals surface area contributed by atoms with Gasteiger partial charge < -0.3 is 10.6 Å². The van der Waals surface area contributed by atoms with Crippen molar-refractivity contribution in [1.29, 1.82) is 0 Å². The first-order valence-electron chi connectivity index (χ1n) is 18.8. The molecule has 305 valence electrons. The summed E-state index contributed by atoms with van der Waals surface area (Å²) in [6, 6.07) is 41.2. The number of nitrogens with zero attached hydrogens (tertiary/aromatic N) is 1. The summed E-state index contributed by atoms with van der Waals surface area (Å²) in [5.74, 6) is 0.449. The zero-order chi connectivity index (χ0) is 42.6. The summed E-state index contributed by atoms with van der Waals surface area (Å²) in [6.07, 6.45) is 0. The Morgan fingerprint density at radius 2 is 0.869 bits per heavy atom. The van der Waals surface area contributed by atoms with Crippen LogP contribution < -0.4 is 45.8 Å². The number of alkyl halides is 1. The fraction of sp³-hybridized carbons (Fsp3) is 0.188. The molecule has 9 aromatic rings. The molecule has 2 N–H and O–H groups in total. The van der Waals surface area contributed by atoms with Crippen LogP contribution in [0.5, 0.6) is 0 Å². The molecule has 0 aliphatic heterocycles. The Morgan fingerprint density at radius 1 is 0.557 bits per heavy atom. The van der Waals surface area contributed by atoms with E-state index >= 15 is 0 Å². The number of halogens is 1. The summed E-state index contributed by atoms with van der Waals surface area (Å²) in [7, 11) is 4.34. The second-order valence-corrected chi connectivity index (χ2v) is 20.7. The number of hydrogen-bond acceptors (Lipinski definition) is 10. The van der Waals surface area contributed by atoms with Gasteiger partial charge in [-0.25, -0.2) is 0 Å². The van der Waals surface area contributed by atoms with Gasteiger partial charge in [-0.15, -0.1) is 34.0 Å². The summed E-state index contributed by atoms with van der Waals surface area (Å²) >= 11 is 11.8. The standard InChI is InChI=1S/C16H13BrOS.C16H14O2S.C16H14OS.BHNS.Na.H2O/c1-16(2,17)10-7-8-14-12(9-10)15(18)11-5-3-4-6-13(11)19-14;1-16(2,18)10-7-8-14-12(9-10)15(17)11-5-3-4-6-13(11)19-14;1-10(2)11-7-8-15-13(9-11)16(17)12-5-3-4-6-14(12)18-15;1-2-3;;/h3-9H,1-2H3;3-9,18H,1-2H3;3-10H,1-2H3;3H;;1H2/q;;;;+1;/p-1. The maximum absolute atomic E-state index is 12.6. The van der Waals surface area contributed by atoms with Gasteiger partial charge in [0.25, 0.3) is 0 Å². The normalized spacial score (nSPS) is 11.2. The van der Waals surface area contributed by atoms with Gasteiger partial charge in [-0.1, -0.05) is 84.4 Å². The quantitative estimate of drug-likeness (QED) is 0.0793. The van der Waals surface area contributed by atoms with Gasteiger partial charge >= 0.3 is 54.3 Å². The van der Waals surface area contributed by atoms with Crippen molar-refractivity contribution in [1.82, 2.24) is 0 Å². The molecule has 0 saturated carbocycles. The summed E-state index contributed by atoms with van der Waals surface area (Å²) < 4.78 is 8.75. The molecule has 6 nitrogen and oxygen atoms in total. The van der Waals surface area contributed by atoms with Gasteiger partial charge in [0.05, 0.1) is 5.60 Å². The molecular formula is C48H43BBrNNaO5S4. The molecule has 9 rings (SSSR count). The van der Waals surface area contributed by atoms with Crippen molar-refractivity contribution in [2.75, 3.05) is 0 Å². The largest absolute Gasteiger partial charge is 1.00 e. The number of thiol groups is 1. The van der Waals surface area contributed by atoms with E-state index in [4.69, 9.17) is 0 Å². The molecule has 0 unspecified atom stereocenters. The van der Waals surface area contributed by atoms with E-state index in [9.17, 15) is 19.5 Å². The molecule has 0 aliphatic carbocycles. The maximum Gasteiger partial charge on any atom is 1.00 e. The minimum atomic E-state index is -0.934. The van der Waals surface area contributed by atoms with Crippen LogP contribution in [0.3, 0.4) is 0 Å². The van der Waals surface area contributed by atoms with E-state index in [1.807, 2.05) is 103 Å². The minimum absolute atomic E-state index is 0. The summed E-state index contributed by atoms with van der Waals surface area (Å²) in [6.45, 7) is 11.9. The van der Waals surface area contributed by atoms with E-state index in [-0.39, 0.29) is 55.6 Å².